The monoisotopic (exact) mass is 463 g/mol. The second-order valence-corrected chi connectivity index (χ2v) is 10.7. The minimum atomic E-state index is -3.51. The van der Waals surface area contributed by atoms with Crippen LogP contribution in [0.25, 0.3) is 0 Å². The van der Waals surface area contributed by atoms with E-state index in [1.54, 1.807) is 0 Å². The van der Waals surface area contributed by atoms with E-state index >= 15 is 0 Å². The lowest BCUT2D eigenvalue weighted by molar-refractivity contribution is -0.148. The van der Waals surface area contributed by atoms with Crippen LogP contribution in [0.2, 0.25) is 0 Å². The number of carbonyl (C=O) groups excluding carboxylic acids is 1. The van der Waals surface area contributed by atoms with E-state index in [-0.39, 0.29) is 22.1 Å². The number of nitrogens with one attached hydrogen (secondary N) is 1. The Morgan fingerprint density at radius 1 is 1.41 bits per heavy atom. The van der Waals surface area contributed by atoms with Crippen molar-refractivity contribution in [3.63, 3.8) is 0 Å². The Hall–Kier alpha value is -1.68. The van der Waals surface area contributed by atoms with E-state index in [4.69, 9.17) is 10.9 Å². The van der Waals surface area contributed by atoms with Gasteiger partial charge < -0.3 is 10.8 Å². The molecule has 6 N–H and O–H groups in total. The third-order valence-electron chi connectivity index (χ3n) is 4.61. The van der Waals surface area contributed by atoms with Gasteiger partial charge in [0.1, 0.15) is 17.1 Å². The van der Waals surface area contributed by atoms with Crippen LogP contribution >= 0.6 is 23.5 Å². The highest BCUT2D eigenvalue weighted by atomic mass is 32.2. The summed E-state index contributed by atoms with van der Waals surface area (Å²) in [4.78, 5) is 25.4. The van der Waals surface area contributed by atoms with Crippen molar-refractivity contribution in [3.8, 4) is 0 Å². The van der Waals surface area contributed by atoms with Crippen molar-refractivity contribution in [2.24, 2.45) is 10.9 Å². The van der Waals surface area contributed by atoms with E-state index in [0.717, 1.165) is 0 Å². The number of carboxylic acids is 1. The molecule has 2 unspecified atom stereocenters. The van der Waals surface area contributed by atoms with Gasteiger partial charge in [0.2, 0.25) is 21.1 Å². The first-order valence-electron chi connectivity index (χ1n) is 8.76. The van der Waals surface area contributed by atoms with Gasteiger partial charge in [-0.2, -0.15) is 0 Å². The summed E-state index contributed by atoms with van der Waals surface area (Å²) < 4.78 is 22.1. The maximum Gasteiger partial charge on any atom is 0.352 e. The molecule has 0 saturated carbocycles. The van der Waals surface area contributed by atoms with Crippen molar-refractivity contribution < 1.29 is 23.1 Å². The third kappa shape index (κ3) is 5.09. The van der Waals surface area contributed by atoms with Gasteiger partial charge in [-0.15, -0.1) is 16.9 Å². The van der Waals surface area contributed by atoms with Crippen molar-refractivity contribution in [1.82, 2.24) is 25.5 Å². The number of fused-ring (bicyclic) bond motifs is 1. The quantitative estimate of drug-likeness (QED) is 0.190. The van der Waals surface area contributed by atoms with E-state index in [1.807, 2.05) is 0 Å². The second-order valence-electron chi connectivity index (χ2n) is 6.64. The van der Waals surface area contributed by atoms with Crippen LogP contribution in [0.5, 0.6) is 0 Å². The Kier molecular flexibility index (Phi) is 6.83. The Balaban J connectivity index is 1.78. The first-order valence-corrected chi connectivity index (χ1v) is 12.4. The van der Waals surface area contributed by atoms with Gasteiger partial charge in [-0.05, 0) is 28.8 Å². The number of H-pyrrole nitrogens is 1. The predicted molar refractivity (Wildman–Crippen MR) is 106 cm³/mol. The number of nitrogens with two attached hydrogens (primary N) is 2. The molecule has 1 amide bonds. The summed E-state index contributed by atoms with van der Waals surface area (Å²) in [7, 11) is -3.51. The Labute approximate surface area is 175 Å². The van der Waals surface area contributed by atoms with Crippen LogP contribution in [0, 0.1) is 0 Å². The zero-order valence-electron chi connectivity index (χ0n) is 15.2. The summed E-state index contributed by atoms with van der Waals surface area (Å²) in [6, 6.07) is -0.696. The number of aliphatic carboxylic acids is 1. The lowest BCUT2D eigenvalue weighted by Crippen LogP contribution is -2.68. The summed E-state index contributed by atoms with van der Waals surface area (Å²) in [5.41, 5.74) is 6.37. The number of carboxylic acid groups (broad SMARTS) is 1. The summed E-state index contributed by atoms with van der Waals surface area (Å²) in [6.45, 7) is 0. The molecule has 3 heterocycles. The van der Waals surface area contributed by atoms with Crippen molar-refractivity contribution in [2.75, 3.05) is 11.5 Å². The van der Waals surface area contributed by atoms with Crippen molar-refractivity contribution >= 4 is 45.4 Å². The van der Waals surface area contributed by atoms with Gasteiger partial charge in [-0.1, -0.05) is 24.6 Å². The van der Waals surface area contributed by atoms with Crippen LogP contribution in [0.15, 0.2) is 16.4 Å². The number of amides is 1. The minimum Gasteiger partial charge on any atom is -0.477 e. The van der Waals surface area contributed by atoms with Crippen LogP contribution in [0.3, 0.4) is 0 Å². The molecule has 1 aromatic heterocycles. The molecule has 0 aromatic carbocycles. The molecular weight excluding hydrogens is 442 g/mol. The topological polar surface area (TPSA) is 198 Å². The Morgan fingerprint density at radius 2 is 2.17 bits per heavy atom. The molecule has 12 nitrogen and oxygen atoms in total. The van der Waals surface area contributed by atoms with Crippen LogP contribution in [-0.2, 0) is 19.6 Å². The molecule has 3 rings (SSSR count). The number of rotatable bonds is 10. The fourth-order valence-electron chi connectivity index (χ4n) is 3.24. The van der Waals surface area contributed by atoms with Crippen molar-refractivity contribution in [2.45, 2.75) is 47.5 Å². The maximum absolute atomic E-state index is 12.2. The number of β-lactam (4-membered cyclic amide) rings is 1. The molecule has 2 aliphatic heterocycles. The van der Waals surface area contributed by atoms with Gasteiger partial charge in [-0.25, -0.2) is 23.4 Å². The lowest BCUT2D eigenvalue weighted by atomic mass is 10.00. The van der Waals surface area contributed by atoms with Crippen LogP contribution < -0.4 is 10.9 Å². The molecule has 15 heteroatoms. The Morgan fingerprint density at radius 3 is 2.79 bits per heavy atom. The van der Waals surface area contributed by atoms with E-state index < -0.39 is 27.9 Å². The number of nitrogens with zero attached hydrogens (tertiary/aromatic N) is 4. The number of aromatic nitrogens is 4. The molecule has 0 aliphatic carbocycles. The van der Waals surface area contributed by atoms with Crippen molar-refractivity contribution in [1.29, 1.82) is 0 Å². The summed E-state index contributed by atoms with van der Waals surface area (Å²) in [5.74, 6) is -1.27. The van der Waals surface area contributed by atoms with Gasteiger partial charge in [0.05, 0.1) is 5.75 Å². The zero-order valence-corrected chi connectivity index (χ0v) is 17.7. The van der Waals surface area contributed by atoms with E-state index in [2.05, 4.69) is 20.6 Å². The number of thioether (sulfide) groups is 2. The highest BCUT2D eigenvalue weighted by Crippen LogP contribution is 2.43. The van der Waals surface area contributed by atoms with E-state index in [1.165, 1.54) is 28.4 Å². The number of hydrogen-bond acceptors (Lipinski definition) is 10. The summed E-state index contributed by atoms with van der Waals surface area (Å²) in [6.07, 6.45) is 2.23. The average Bonchev–Trinajstić information content (AvgIpc) is 3.17. The highest BCUT2D eigenvalue weighted by Gasteiger charge is 2.52. The molecule has 1 aromatic rings. The average molecular weight is 464 g/mol. The predicted octanol–water partition coefficient (Wildman–Crippen LogP) is -0.910. The Bertz CT molecular complexity index is 905. The molecule has 1 saturated heterocycles. The molecular formula is C14H21N7O5S3. The fraction of sp³-hybridized carbons (Fsp3) is 0.643. The van der Waals surface area contributed by atoms with Gasteiger partial charge in [0.15, 0.2) is 0 Å². The molecule has 3 atom stereocenters. The van der Waals surface area contributed by atoms with Gasteiger partial charge in [-0.3, -0.25) is 9.69 Å². The number of aromatic amines is 1. The van der Waals surface area contributed by atoms with Gasteiger partial charge in [0, 0.05) is 11.0 Å². The van der Waals surface area contributed by atoms with E-state index in [0.29, 0.717) is 42.2 Å². The summed E-state index contributed by atoms with van der Waals surface area (Å²) in [5, 5.41) is 28.1. The number of unbranched alkanes of at least 4 members (excludes halogenated alkanes) is 2. The molecule has 1 fully saturated rings. The van der Waals surface area contributed by atoms with Crippen LogP contribution in [0.1, 0.15) is 25.7 Å². The smallest absolute Gasteiger partial charge is 0.352 e. The number of hydrogen-bond donors (Lipinski definition) is 4. The molecule has 2 aliphatic rings. The molecule has 0 radical (unpaired) electrons. The molecule has 0 bridgehead atoms. The lowest BCUT2D eigenvalue weighted by Gasteiger charge is -2.48. The number of primary sulfonamides is 1. The zero-order chi connectivity index (χ0) is 21.2. The second kappa shape index (κ2) is 8.99. The third-order valence-corrected chi connectivity index (χ3v) is 7.99. The van der Waals surface area contributed by atoms with Gasteiger partial charge in [0.25, 0.3) is 0 Å². The first kappa shape index (κ1) is 22.0. The van der Waals surface area contributed by atoms with Crippen LogP contribution in [-0.4, -0.2) is 79.1 Å². The fourth-order valence-corrected chi connectivity index (χ4v) is 6.39. The number of carbonyl (C=O) groups is 2. The van der Waals surface area contributed by atoms with E-state index in [9.17, 15) is 23.1 Å². The van der Waals surface area contributed by atoms with Crippen molar-refractivity contribution in [3.05, 3.63) is 11.3 Å². The van der Waals surface area contributed by atoms with Crippen LogP contribution in [0.4, 0.5) is 0 Å². The molecule has 0 spiro atoms. The number of tetrazole rings is 1. The number of sulfonamides is 1. The standard InChI is InChI=1S/C14H21N7O5S3/c15-9-11(22)21-10(13(23)24)7(6-27-12(9)21)8(28-14-17-19-20-18-14)4-2-1-3-5-29(16,25)26/h8-9,12H,1-6,15H2,(H,23,24)(H2,16,25,26)(H,17,18,19,20)/t8?,9?,12-/m0/s1. The minimum absolute atomic E-state index is 0.0324. The first-order chi connectivity index (χ1) is 13.7. The SMILES string of the molecule is NC1C(=O)N2C(C(=O)O)=C(C(CCCCCS(N)(=O)=O)Sc3nnn[nH]3)CS[C@@H]12. The van der Waals surface area contributed by atoms with Gasteiger partial charge >= 0.3 is 5.97 Å². The maximum atomic E-state index is 12.2. The summed E-state index contributed by atoms with van der Waals surface area (Å²) >= 11 is 2.71. The largest absolute Gasteiger partial charge is 0.477 e. The highest BCUT2D eigenvalue weighted by molar-refractivity contribution is 8.01. The molecule has 29 heavy (non-hydrogen) atoms. The molecule has 160 valence electrons. The normalized spacial score (nSPS) is 23.0.